The smallest absolute Gasteiger partial charge is 0.138 e. The van der Waals surface area contributed by atoms with E-state index in [0.717, 1.165) is 0 Å². The number of hydrogen-bond acceptors (Lipinski definition) is 3. The Morgan fingerprint density at radius 1 is 1.36 bits per heavy atom. The van der Waals surface area contributed by atoms with Crippen molar-refractivity contribution in [1.82, 2.24) is 0 Å². The maximum atomic E-state index is 8.82. The van der Waals surface area contributed by atoms with E-state index >= 15 is 0 Å². The van der Waals surface area contributed by atoms with Crippen LogP contribution in [0.3, 0.4) is 0 Å². The summed E-state index contributed by atoms with van der Waals surface area (Å²) in [5.41, 5.74) is 0.603. The Morgan fingerprint density at radius 3 is 2.71 bits per heavy atom. The molecule has 0 aliphatic heterocycles. The molecule has 0 saturated heterocycles. The van der Waals surface area contributed by atoms with Gasteiger partial charge in [0.1, 0.15) is 30.1 Å². The number of hydrogen-bond donors (Lipinski definition) is 0. The van der Waals surface area contributed by atoms with Crippen LogP contribution in [0.15, 0.2) is 30.9 Å². The molecule has 0 fully saturated rings. The molecule has 14 heavy (non-hydrogen) atoms. The van der Waals surface area contributed by atoms with Crippen LogP contribution < -0.4 is 4.74 Å². The van der Waals surface area contributed by atoms with Crippen LogP contribution in [0.1, 0.15) is 11.1 Å². The van der Waals surface area contributed by atoms with Gasteiger partial charge in [0.25, 0.3) is 0 Å². The van der Waals surface area contributed by atoms with Crippen molar-refractivity contribution in [2.75, 3.05) is 6.61 Å². The molecule has 3 nitrogen and oxygen atoms in total. The maximum absolute atomic E-state index is 8.82. The molecular formula is C11H8N2O. The van der Waals surface area contributed by atoms with Crippen LogP contribution in [0.4, 0.5) is 0 Å². The molecule has 0 saturated carbocycles. The summed E-state index contributed by atoms with van der Waals surface area (Å²) in [6, 6.07) is 8.79. The average molecular weight is 184 g/mol. The monoisotopic (exact) mass is 184 g/mol. The van der Waals surface area contributed by atoms with Crippen molar-refractivity contribution < 1.29 is 4.74 Å². The third kappa shape index (κ3) is 1.91. The van der Waals surface area contributed by atoms with E-state index in [1.807, 2.05) is 12.1 Å². The zero-order chi connectivity index (χ0) is 10.4. The number of benzene rings is 1. The topological polar surface area (TPSA) is 56.8 Å². The highest BCUT2D eigenvalue weighted by Crippen LogP contribution is 2.20. The van der Waals surface area contributed by atoms with Crippen molar-refractivity contribution in [3.05, 3.63) is 42.0 Å². The minimum atomic E-state index is 0.275. The molecule has 1 aromatic rings. The van der Waals surface area contributed by atoms with Crippen LogP contribution in [-0.4, -0.2) is 6.61 Å². The van der Waals surface area contributed by atoms with Crippen molar-refractivity contribution in [3.8, 4) is 17.9 Å². The second kappa shape index (κ2) is 4.69. The molecule has 0 bridgehead atoms. The van der Waals surface area contributed by atoms with Crippen molar-refractivity contribution in [3.63, 3.8) is 0 Å². The van der Waals surface area contributed by atoms with Crippen LogP contribution in [0, 0.1) is 22.7 Å². The zero-order valence-electron chi connectivity index (χ0n) is 7.53. The second-order valence-corrected chi connectivity index (χ2v) is 2.50. The Bertz CT molecular complexity index is 424. The molecule has 0 radical (unpaired) electrons. The van der Waals surface area contributed by atoms with E-state index in [4.69, 9.17) is 15.3 Å². The van der Waals surface area contributed by atoms with Crippen LogP contribution in [-0.2, 0) is 0 Å². The molecule has 68 valence electrons. The van der Waals surface area contributed by atoms with Gasteiger partial charge < -0.3 is 4.74 Å². The summed E-state index contributed by atoms with van der Waals surface area (Å²) >= 11 is 0. The lowest BCUT2D eigenvalue weighted by molar-refractivity contribution is 0.362. The van der Waals surface area contributed by atoms with E-state index in [-0.39, 0.29) is 5.56 Å². The van der Waals surface area contributed by atoms with Gasteiger partial charge >= 0.3 is 0 Å². The summed E-state index contributed by atoms with van der Waals surface area (Å²) in [6.45, 7) is 3.82. The van der Waals surface area contributed by atoms with Gasteiger partial charge in [0.15, 0.2) is 0 Å². The summed E-state index contributed by atoms with van der Waals surface area (Å²) in [4.78, 5) is 0. The van der Waals surface area contributed by atoms with Crippen molar-refractivity contribution >= 4 is 0 Å². The van der Waals surface area contributed by atoms with E-state index in [0.29, 0.717) is 17.9 Å². The molecule has 0 amide bonds. The highest BCUT2D eigenvalue weighted by molar-refractivity contribution is 5.53. The quantitative estimate of drug-likeness (QED) is 0.675. The van der Waals surface area contributed by atoms with Gasteiger partial charge in [-0.1, -0.05) is 18.7 Å². The lowest BCUT2D eigenvalue weighted by atomic mass is 10.1. The van der Waals surface area contributed by atoms with Gasteiger partial charge in [-0.3, -0.25) is 0 Å². The average Bonchev–Trinajstić information content (AvgIpc) is 2.25. The van der Waals surface area contributed by atoms with Gasteiger partial charge in [-0.2, -0.15) is 10.5 Å². The molecule has 0 atom stereocenters. The first-order valence-electron chi connectivity index (χ1n) is 4.00. The van der Waals surface area contributed by atoms with Gasteiger partial charge in [0.05, 0.1) is 5.56 Å². The van der Waals surface area contributed by atoms with Crippen LogP contribution in [0.2, 0.25) is 0 Å². The summed E-state index contributed by atoms with van der Waals surface area (Å²) in [5, 5.41) is 17.5. The predicted molar refractivity (Wildman–Crippen MR) is 51.6 cm³/mol. The molecule has 1 aromatic carbocycles. The molecule has 0 heterocycles. The van der Waals surface area contributed by atoms with Gasteiger partial charge in [-0.25, -0.2) is 0 Å². The molecular weight excluding hydrogens is 176 g/mol. The number of ether oxygens (including phenoxy) is 1. The molecule has 1 rings (SSSR count). The van der Waals surface area contributed by atoms with Crippen molar-refractivity contribution in [2.24, 2.45) is 0 Å². The molecule has 0 N–H and O–H groups in total. The summed E-state index contributed by atoms with van der Waals surface area (Å²) in [5.74, 6) is 0.423. The maximum Gasteiger partial charge on any atom is 0.138 e. The van der Waals surface area contributed by atoms with Gasteiger partial charge in [0, 0.05) is 0 Å². The molecule has 0 aliphatic rings. The van der Waals surface area contributed by atoms with Gasteiger partial charge in [0.2, 0.25) is 0 Å². The molecule has 0 spiro atoms. The van der Waals surface area contributed by atoms with E-state index in [1.165, 1.54) is 0 Å². The van der Waals surface area contributed by atoms with Gasteiger partial charge in [-0.15, -0.1) is 0 Å². The molecule has 3 heteroatoms. The molecule has 0 aromatic heterocycles. The third-order valence-electron chi connectivity index (χ3n) is 1.62. The minimum absolute atomic E-state index is 0.275. The number of nitrogens with zero attached hydrogens (tertiary/aromatic N) is 2. The van der Waals surface area contributed by atoms with Crippen LogP contribution in [0.5, 0.6) is 5.75 Å². The van der Waals surface area contributed by atoms with Crippen LogP contribution >= 0.6 is 0 Å². The van der Waals surface area contributed by atoms with Crippen LogP contribution in [0.25, 0.3) is 0 Å². The minimum Gasteiger partial charge on any atom is -0.488 e. The Morgan fingerprint density at radius 2 is 2.14 bits per heavy atom. The highest BCUT2D eigenvalue weighted by Gasteiger charge is 2.07. The van der Waals surface area contributed by atoms with E-state index in [9.17, 15) is 0 Å². The van der Waals surface area contributed by atoms with Crippen molar-refractivity contribution in [2.45, 2.75) is 0 Å². The fourth-order valence-electron chi connectivity index (χ4n) is 1.01. The standard InChI is InChI=1S/C11H8N2O/c1-2-6-14-11-5-3-4-9(7-12)10(11)8-13/h2-5H,1,6H2. The lowest BCUT2D eigenvalue weighted by Gasteiger charge is -2.05. The zero-order valence-corrected chi connectivity index (χ0v) is 7.53. The fourth-order valence-corrected chi connectivity index (χ4v) is 1.01. The van der Waals surface area contributed by atoms with Crippen molar-refractivity contribution in [1.29, 1.82) is 10.5 Å². The van der Waals surface area contributed by atoms with E-state index in [1.54, 1.807) is 24.3 Å². The number of nitriles is 2. The van der Waals surface area contributed by atoms with Gasteiger partial charge in [-0.05, 0) is 12.1 Å². The predicted octanol–water partition coefficient (Wildman–Crippen LogP) is 1.99. The summed E-state index contributed by atoms with van der Waals surface area (Å²) < 4.78 is 5.23. The summed E-state index contributed by atoms with van der Waals surface area (Å²) in [6.07, 6.45) is 1.58. The molecule has 0 unspecified atom stereocenters. The fraction of sp³-hybridized carbons (Fsp3) is 0.0909. The van der Waals surface area contributed by atoms with E-state index < -0.39 is 0 Å². The first-order chi connectivity index (χ1) is 6.83. The highest BCUT2D eigenvalue weighted by atomic mass is 16.5. The summed E-state index contributed by atoms with van der Waals surface area (Å²) in [7, 11) is 0. The first kappa shape index (κ1) is 9.83. The third-order valence-corrected chi connectivity index (χ3v) is 1.62. The SMILES string of the molecule is C=CCOc1cccc(C#N)c1C#N. The lowest BCUT2D eigenvalue weighted by Crippen LogP contribution is -1.96. The Hall–Kier alpha value is -2.26. The second-order valence-electron chi connectivity index (χ2n) is 2.50. The normalized spacial score (nSPS) is 8.43. The van der Waals surface area contributed by atoms with E-state index in [2.05, 4.69) is 6.58 Å². The molecule has 0 aliphatic carbocycles. The number of rotatable bonds is 3. The Labute approximate surface area is 82.5 Å². The Kier molecular flexibility index (Phi) is 3.29. The first-order valence-corrected chi connectivity index (χ1v) is 4.00. The largest absolute Gasteiger partial charge is 0.488 e. The Balaban J connectivity index is 3.12.